The first-order chi connectivity index (χ1) is 14.9. The number of nitrogens with zero attached hydrogens (tertiary/aromatic N) is 1. The Morgan fingerprint density at radius 2 is 1.61 bits per heavy atom. The van der Waals surface area contributed by atoms with Crippen LogP contribution in [0.1, 0.15) is 26.7 Å². The Balaban J connectivity index is 2.53. The average molecular weight is 445 g/mol. The van der Waals surface area contributed by atoms with E-state index in [-0.39, 0.29) is 30.4 Å². The summed E-state index contributed by atoms with van der Waals surface area (Å²) in [5.74, 6) is -0.833. The molecule has 0 aromatic heterocycles. The van der Waals surface area contributed by atoms with Crippen LogP contribution in [-0.2, 0) is 25.1 Å². The standard InChI is InChI=1S/C21H24N4O5S/c1-4-18(26)22-16-12-11-15(31(29)14-9-7-6-8-10-14)13-17(16)23-20(24-19(27)5-2)25-21(28)30-3/h6-13H,4-5H2,1-3H3,(H,22,26)(H2,23,24,25,27,28). The van der Waals surface area contributed by atoms with Crippen LogP contribution >= 0.6 is 0 Å². The second kappa shape index (κ2) is 11.6. The monoisotopic (exact) mass is 444 g/mol. The first-order valence-corrected chi connectivity index (χ1v) is 10.7. The van der Waals surface area contributed by atoms with Crippen LogP contribution in [0.2, 0.25) is 0 Å². The van der Waals surface area contributed by atoms with Gasteiger partial charge in [0.05, 0.1) is 29.3 Å². The third-order valence-corrected chi connectivity index (χ3v) is 5.34. The van der Waals surface area contributed by atoms with Crippen molar-refractivity contribution in [2.45, 2.75) is 36.5 Å². The fourth-order valence-electron chi connectivity index (χ4n) is 2.32. The minimum absolute atomic E-state index is 0.152. The number of hydrogen-bond acceptors (Lipinski definition) is 6. The van der Waals surface area contributed by atoms with E-state index in [1.54, 1.807) is 50.2 Å². The molecule has 0 aliphatic carbocycles. The maximum atomic E-state index is 12.9. The van der Waals surface area contributed by atoms with Crippen LogP contribution < -0.4 is 16.0 Å². The summed E-state index contributed by atoms with van der Waals surface area (Å²) in [6.07, 6.45) is -0.446. The number of nitrogens with one attached hydrogen (secondary N) is 3. The van der Waals surface area contributed by atoms with E-state index in [0.717, 1.165) is 0 Å². The molecule has 0 spiro atoms. The van der Waals surface area contributed by atoms with E-state index in [4.69, 9.17) is 0 Å². The summed E-state index contributed by atoms with van der Waals surface area (Å²) >= 11 is 0. The number of carbonyl (C=O) groups excluding carboxylic acids is 3. The molecule has 164 valence electrons. The van der Waals surface area contributed by atoms with Gasteiger partial charge in [-0.2, -0.15) is 0 Å². The maximum Gasteiger partial charge on any atom is 0.413 e. The van der Waals surface area contributed by atoms with Crippen molar-refractivity contribution >= 4 is 46.0 Å². The average Bonchev–Trinajstić information content (AvgIpc) is 2.79. The molecule has 0 aliphatic rings. The fraction of sp³-hybridized carbons (Fsp3) is 0.238. The highest BCUT2D eigenvalue weighted by Crippen LogP contribution is 2.29. The Morgan fingerprint density at radius 1 is 0.935 bits per heavy atom. The number of carbonyl (C=O) groups is 3. The highest BCUT2D eigenvalue weighted by Gasteiger charge is 2.15. The molecule has 2 aromatic rings. The third-order valence-electron chi connectivity index (χ3n) is 3.95. The largest absolute Gasteiger partial charge is 0.453 e. The molecule has 2 aromatic carbocycles. The molecular weight excluding hydrogens is 420 g/mol. The van der Waals surface area contributed by atoms with Crippen molar-refractivity contribution in [3.05, 3.63) is 48.5 Å². The molecule has 0 saturated carbocycles. The number of hydrogen-bond donors (Lipinski definition) is 3. The van der Waals surface area contributed by atoms with Crippen molar-refractivity contribution in [2.75, 3.05) is 12.4 Å². The zero-order chi connectivity index (χ0) is 22.8. The van der Waals surface area contributed by atoms with Crippen LogP contribution in [0.25, 0.3) is 0 Å². The van der Waals surface area contributed by atoms with Crippen LogP contribution in [0.15, 0.2) is 63.3 Å². The topological polar surface area (TPSA) is 126 Å². The molecule has 31 heavy (non-hydrogen) atoms. The Bertz CT molecular complexity index is 988. The summed E-state index contributed by atoms with van der Waals surface area (Å²) in [5, 5.41) is 7.49. The van der Waals surface area contributed by atoms with Gasteiger partial charge >= 0.3 is 6.09 Å². The Labute approximate surface area is 182 Å². The number of guanidine groups is 1. The molecule has 0 bridgehead atoms. The van der Waals surface area contributed by atoms with Gasteiger partial charge in [-0.3, -0.25) is 20.2 Å². The molecule has 3 N–H and O–H groups in total. The van der Waals surface area contributed by atoms with Gasteiger partial charge in [0.25, 0.3) is 0 Å². The molecule has 3 amide bonds. The van der Waals surface area contributed by atoms with Crippen molar-refractivity contribution in [1.82, 2.24) is 10.6 Å². The summed E-state index contributed by atoms with van der Waals surface area (Å²) in [4.78, 5) is 40.7. The van der Waals surface area contributed by atoms with Gasteiger partial charge in [0.15, 0.2) is 0 Å². The van der Waals surface area contributed by atoms with Gasteiger partial charge in [-0.05, 0) is 30.3 Å². The van der Waals surface area contributed by atoms with E-state index in [9.17, 15) is 18.6 Å². The van der Waals surface area contributed by atoms with Crippen LogP contribution in [0, 0.1) is 0 Å². The van der Waals surface area contributed by atoms with Crippen LogP contribution in [0.5, 0.6) is 0 Å². The summed E-state index contributed by atoms with van der Waals surface area (Å²) in [6.45, 7) is 3.34. The number of methoxy groups -OCH3 is 1. The Morgan fingerprint density at radius 3 is 2.23 bits per heavy atom. The number of anilines is 1. The fourth-order valence-corrected chi connectivity index (χ4v) is 3.41. The predicted molar refractivity (Wildman–Crippen MR) is 118 cm³/mol. The number of amides is 3. The summed E-state index contributed by atoms with van der Waals surface area (Å²) in [6, 6.07) is 13.6. The molecule has 0 saturated heterocycles. The maximum absolute atomic E-state index is 12.9. The number of alkyl carbamates (subject to hydrolysis) is 1. The molecule has 2 rings (SSSR count). The van der Waals surface area contributed by atoms with Gasteiger partial charge in [-0.15, -0.1) is 0 Å². The van der Waals surface area contributed by atoms with E-state index in [0.29, 0.717) is 15.5 Å². The normalized spacial score (nSPS) is 11.9. The van der Waals surface area contributed by atoms with Crippen molar-refractivity contribution < 1.29 is 23.3 Å². The van der Waals surface area contributed by atoms with Gasteiger partial charge in [-0.1, -0.05) is 32.0 Å². The van der Waals surface area contributed by atoms with Crippen molar-refractivity contribution in [3.63, 3.8) is 0 Å². The summed E-state index contributed by atoms with van der Waals surface area (Å²) in [5.41, 5.74) is 0.530. The highest BCUT2D eigenvalue weighted by molar-refractivity contribution is 7.85. The molecule has 0 radical (unpaired) electrons. The Kier molecular flexibility index (Phi) is 8.89. The predicted octanol–water partition coefficient (Wildman–Crippen LogP) is 3.07. The third kappa shape index (κ3) is 7.03. The zero-order valence-corrected chi connectivity index (χ0v) is 18.2. The number of benzene rings is 2. The van der Waals surface area contributed by atoms with Gasteiger partial charge in [0.2, 0.25) is 17.8 Å². The quantitative estimate of drug-likeness (QED) is 0.466. The van der Waals surface area contributed by atoms with Crippen LogP contribution in [0.3, 0.4) is 0 Å². The molecule has 0 fully saturated rings. The summed E-state index contributed by atoms with van der Waals surface area (Å²) < 4.78 is 17.5. The first kappa shape index (κ1) is 23.7. The molecule has 0 aliphatic heterocycles. The molecule has 0 heterocycles. The minimum Gasteiger partial charge on any atom is -0.453 e. The molecule has 1 unspecified atom stereocenters. The minimum atomic E-state index is -1.50. The van der Waals surface area contributed by atoms with Gasteiger partial charge in [-0.25, -0.2) is 14.0 Å². The number of rotatable bonds is 6. The zero-order valence-electron chi connectivity index (χ0n) is 17.4. The van der Waals surface area contributed by atoms with Gasteiger partial charge in [0.1, 0.15) is 0 Å². The van der Waals surface area contributed by atoms with Crippen LogP contribution in [-0.4, -0.2) is 35.2 Å². The van der Waals surface area contributed by atoms with Crippen molar-refractivity contribution in [1.29, 1.82) is 0 Å². The molecular formula is C21H24N4O5S. The molecule has 10 heteroatoms. The van der Waals surface area contributed by atoms with E-state index < -0.39 is 22.8 Å². The van der Waals surface area contributed by atoms with Gasteiger partial charge in [0, 0.05) is 22.6 Å². The SMILES string of the molecule is CCC(=O)NC(=Nc1cc(S(=O)c2ccccc2)ccc1NC(=O)CC)NC(=O)OC. The first-order valence-electron chi connectivity index (χ1n) is 9.52. The van der Waals surface area contributed by atoms with Crippen molar-refractivity contribution in [2.24, 2.45) is 4.99 Å². The van der Waals surface area contributed by atoms with E-state index in [1.807, 2.05) is 6.07 Å². The lowest BCUT2D eigenvalue weighted by molar-refractivity contribution is -0.119. The van der Waals surface area contributed by atoms with E-state index in [2.05, 4.69) is 25.7 Å². The second-order valence-corrected chi connectivity index (χ2v) is 7.62. The van der Waals surface area contributed by atoms with E-state index in [1.165, 1.54) is 13.2 Å². The number of ether oxygens (including phenoxy) is 1. The second-order valence-electron chi connectivity index (χ2n) is 6.14. The Hall–Kier alpha value is -3.53. The molecule has 9 nitrogen and oxygen atoms in total. The lowest BCUT2D eigenvalue weighted by Gasteiger charge is -2.13. The lowest BCUT2D eigenvalue weighted by atomic mass is 10.2. The van der Waals surface area contributed by atoms with E-state index >= 15 is 0 Å². The van der Waals surface area contributed by atoms with Crippen LogP contribution in [0.4, 0.5) is 16.2 Å². The number of aliphatic imine (C=N–C) groups is 1. The smallest absolute Gasteiger partial charge is 0.413 e. The summed E-state index contributed by atoms with van der Waals surface area (Å²) in [7, 11) is -0.329. The van der Waals surface area contributed by atoms with Crippen molar-refractivity contribution in [3.8, 4) is 0 Å². The molecule has 1 atom stereocenters. The van der Waals surface area contributed by atoms with Gasteiger partial charge < -0.3 is 10.1 Å². The highest BCUT2D eigenvalue weighted by atomic mass is 32.2. The lowest BCUT2D eigenvalue weighted by Crippen LogP contribution is -2.43.